The SMILES string of the molecule is CCCCCNC(=O)c1cccc(C(=O)Nc2ccccc2C(=O)OC)n1. The minimum Gasteiger partial charge on any atom is -0.465 e. The number of unbranched alkanes of at least 4 members (excludes halogenated alkanes) is 2. The normalized spacial score (nSPS) is 10.1. The molecule has 2 aromatic rings. The molecule has 0 saturated heterocycles. The van der Waals surface area contributed by atoms with Crippen LogP contribution in [0, 0.1) is 0 Å². The molecule has 27 heavy (non-hydrogen) atoms. The van der Waals surface area contributed by atoms with E-state index in [1.54, 1.807) is 36.4 Å². The average molecular weight is 369 g/mol. The Balaban J connectivity index is 2.10. The number of nitrogens with zero attached hydrogens (tertiary/aromatic N) is 1. The maximum absolute atomic E-state index is 12.5. The first-order valence-corrected chi connectivity index (χ1v) is 8.80. The summed E-state index contributed by atoms with van der Waals surface area (Å²) in [5, 5.41) is 5.42. The molecule has 0 radical (unpaired) electrons. The lowest BCUT2D eigenvalue weighted by Crippen LogP contribution is -2.26. The van der Waals surface area contributed by atoms with Crippen LogP contribution in [-0.4, -0.2) is 36.4 Å². The summed E-state index contributed by atoms with van der Waals surface area (Å²) in [6.07, 6.45) is 3.00. The van der Waals surface area contributed by atoms with Gasteiger partial charge in [-0.3, -0.25) is 9.59 Å². The lowest BCUT2D eigenvalue weighted by Gasteiger charge is -2.10. The van der Waals surface area contributed by atoms with Gasteiger partial charge in [0.15, 0.2) is 0 Å². The van der Waals surface area contributed by atoms with Gasteiger partial charge in [0.05, 0.1) is 18.4 Å². The zero-order valence-corrected chi connectivity index (χ0v) is 15.5. The van der Waals surface area contributed by atoms with Gasteiger partial charge in [-0.2, -0.15) is 0 Å². The third-order valence-electron chi connectivity index (χ3n) is 3.86. The molecule has 0 unspecified atom stereocenters. The summed E-state index contributed by atoms with van der Waals surface area (Å²) in [5.74, 6) is -1.40. The van der Waals surface area contributed by atoms with Crippen molar-refractivity contribution in [2.45, 2.75) is 26.2 Å². The van der Waals surface area contributed by atoms with Crippen molar-refractivity contribution in [3.63, 3.8) is 0 Å². The van der Waals surface area contributed by atoms with Crippen LogP contribution in [-0.2, 0) is 4.74 Å². The Labute approximate surface area is 158 Å². The molecule has 0 fully saturated rings. The number of benzene rings is 1. The highest BCUT2D eigenvalue weighted by molar-refractivity contribution is 6.07. The Morgan fingerprint density at radius 3 is 2.37 bits per heavy atom. The molecule has 1 aromatic carbocycles. The van der Waals surface area contributed by atoms with Gasteiger partial charge in [0, 0.05) is 6.54 Å². The predicted molar refractivity (Wildman–Crippen MR) is 102 cm³/mol. The van der Waals surface area contributed by atoms with Gasteiger partial charge in [-0.15, -0.1) is 0 Å². The van der Waals surface area contributed by atoms with Crippen molar-refractivity contribution in [1.82, 2.24) is 10.3 Å². The summed E-state index contributed by atoms with van der Waals surface area (Å²) in [7, 11) is 1.27. The van der Waals surface area contributed by atoms with Crippen LogP contribution in [0.25, 0.3) is 0 Å². The zero-order chi connectivity index (χ0) is 19.6. The topological polar surface area (TPSA) is 97.4 Å². The number of carbonyl (C=O) groups excluding carboxylic acids is 3. The highest BCUT2D eigenvalue weighted by Crippen LogP contribution is 2.17. The van der Waals surface area contributed by atoms with E-state index in [-0.39, 0.29) is 22.9 Å². The fourth-order valence-electron chi connectivity index (χ4n) is 2.42. The van der Waals surface area contributed by atoms with Crippen LogP contribution in [0.15, 0.2) is 42.5 Å². The number of methoxy groups -OCH3 is 1. The molecule has 7 nitrogen and oxygen atoms in total. The number of nitrogens with one attached hydrogen (secondary N) is 2. The number of esters is 1. The third-order valence-corrected chi connectivity index (χ3v) is 3.86. The Hall–Kier alpha value is -3.22. The summed E-state index contributed by atoms with van der Waals surface area (Å²) in [5.41, 5.74) is 0.792. The molecule has 2 rings (SSSR count). The van der Waals surface area contributed by atoms with E-state index in [4.69, 9.17) is 4.74 Å². The molecule has 1 aromatic heterocycles. The molecule has 0 aliphatic rings. The molecule has 2 N–H and O–H groups in total. The second-order valence-electron chi connectivity index (χ2n) is 5.86. The first kappa shape index (κ1) is 20.1. The van der Waals surface area contributed by atoms with E-state index in [0.29, 0.717) is 12.2 Å². The summed E-state index contributed by atoms with van der Waals surface area (Å²) >= 11 is 0. The molecule has 0 atom stereocenters. The summed E-state index contributed by atoms with van der Waals surface area (Å²) in [6.45, 7) is 2.65. The molecule has 0 aliphatic carbocycles. The second-order valence-corrected chi connectivity index (χ2v) is 5.86. The second kappa shape index (κ2) is 10.1. The third kappa shape index (κ3) is 5.64. The minimum absolute atomic E-state index is 0.0795. The Morgan fingerprint density at radius 2 is 1.67 bits per heavy atom. The summed E-state index contributed by atoms with van der Waals surface area (Å²) in [6, 6.07) is 11.1. The molecule has 7 heteroatoms. The van der Waals surface area contributed by atoms with Crippen LogP contribution in [0.4, 0.5) is 5.69 Å². The number of aromatic nitrogens is 1. The van der Waals surface area contributed by atoms with Crippen molar-refractivity contribution < 1.29 is 19.1 Å². The van der Waals surface area contributed by atoms with Crippen LogP contribution in [0.1, 0.15) is 57.5 Å². The van der Waals surface area contributed by atoms with Gasteiger partial charge < -0.3 is 15.4 Å². The van der Waals surface area contributed by atoms with E-state index in [2.05, 4.69) is 22.5 Å². The molecular weight excluding hydrogens is 346 g/mol. The number of rotatable bonds is 8. The summed E-state index contributed by atoms with van der Waals surface area (Å²) in [4.78, 5) is 40.6. The number of pyridine rings is 1. The quantitative estimate of drug-likeness (QED) is 0.551. The number of carbonyl (C=O) groups is 3. The molecule has 142 valence electrons. The van der Waals surface area contributed by atoms with E-state index in [9.17, 15) is 14.4 Å². The average Bonchev–Trinajstić information content (AvgIpc) is 2.71. The Kier molecular flexibility index (Phi) is 7.49. The van der Waals surface area contributed by atoms with E-state index in [0.717, 1.165) is 19.3 Å². The number of anilines is 1. The zero-order valence-electron chi connectivity index (χ0n) is 15.5. The monoisotopic (exact) mass is 369 g/mol. The lowest BCUT2D eigenvalue weighted by molar-refractivity contribution is 0.0601. The van der Waals surface area contributed by atoms with Gasteiger partial charge in [0.25, 0.3) is 11.8 Å². The molecule has 1 heterocycles. The van der Waals surface area contributed by atoms with E-state index >= 15 is 0 Å². The number of para-hydroxylation sites is 1. The van der Waals surface area contributed by atoms with Gasteiger partial charge in [-0.1, -0.05) is 38.0 Å². The van der Waals surface area contributed by atoms with Gasteiger partial charge >= 0.3 is 5.97 Å². The number of ether oxygens (including phenoxy) is 1. The largest absolute Gasteiger partial charge is 0.465 e. The standard InChI is InChI=1S/C20H23N3O4/c1-3-4-7-13-21-18(24)16-11-8-12-17(22-16)19(25)23-15-10-6-5-9-14(15)20(26)27-2/h5-6,8-12H,3-4,7,13H2,1-2H3,(H,21,24)(H,23,25). The first-order valence-electron chi connectivity index (χ1n) is 8.80. The summed E-state index contributed by atoms with van der Waals surface area (Å²) < 4.78 is 4.71. The van der Waals surface area contributed by atoms with E-state index in [1.807, 2.05) is 0 Å². The first-order chi connectivity index (χ1) is 13.1. The number of hydrogen-bond donors (Lipinski definition) is 2. The van der Waals surface area contributed by atoms with Crippen molar-refractivity contribution in [2.24, 2.45) is 0 Å². The van der Waals surface area contributed by atoms with Crippen molar-refractivity contribution in [3.05, 3.63) is 59.4 Å². The minimum atomic E-state index is -0.556. The van der Waals surface area contributed by atoms with Crippen molar-refractivity contribution in [2.75, 3.05) is 19.0 Å². The van der Waals surface area contributed by atoms with Gasteiger partial charge in [-0.05, 0) is 30.7 Å². The number of amides is 2. The van der Waals surface area contributed by atoms with Crippen LogP contribution in [0.5, 0.6) is 0 Å². The molecule has 0 saturated carbocycles. The highest BCUT2D eigenvalue weighted by Gasteiger charge is 2.16. The maximum Gasteiger partial charge on any atom is 0.339 e. The molecule has 0 aliphatic heterocycles. The highest BCUT2D eigenvalue weighted by atomic mass is 16.5. The smallest absolute Gasteiger partial charge is 0.339 e. The molecule has 2 amide bonds. The van der Waals surface area contributed by atoms with E-state index < -0.39 is 11.9 Å². The Morgan fingerprint density at radius 1 is 0.963 bits per heavy atom. The molecule has 0 spiro atoms. The van der Waals surface area contributed by atoms with Crippen molar-refractivity contribution >= 4 is 23.5 Å². The number of hydrogen-bond acceptors (Lipinski definition) is 5. The van der Waals surface area contributed by atoms with Gasteiger partial charge in [-0.25, -0.2) is 9.78 Å². The molecular formula is C20H23N3O4. The van der Waals surface area contributed by atoms with E-state index in [1.165, 1.54) is 13.2 Å². The Bertz CT molecular complexity index is 820. The van der Waals surface area contributed by atoms with Crippen LogP contribution in [0.2, 0.25) is 0 Å². The fraction of sp³-hybridized carbons (Fsp3) is 0.300. The van der Waals surface area contributed by atoms with Gasteiger partial charge in [0.2, 0.25) is 0 Å². The maximum atomic E-state index is 12.5. The van der Waals surface area contributed by atoms with Crippen LogP contribution >= 0.6 is 0 Å². The lowest BCUT2D eigenvalue weighted by atomic mass is 10.1. The predicted octanol–water partition coefficient (Wildman–Crippen LogP) is 3.04. The van der Waals surface area contributed by atoms with Crippen molar-refractivity contribution in [1.29, 1.82) is 0 Å². The molecule has 0 bridgehead atoms. The van der Waals surface area contributed by atoms with Crippen molar-refractivity contribution in [3.8, 4) is 0 Å². The van der Waals surface area contributed by atoms with Crippen LogP contribution < -0.4 is 10.6 Å². The van der Waals surface area contributed by atoms with Crippen LogP contribution in [0.3, 0.4) is 0 Å². The fourth-order valence-corrected chi connectivity index (χ4v) is 2.42. The van der Waals surface area contributed by atoms with Gasteiger partial charge in [0.1, 0.15) is 11.4 Å².